The zero-order valence-corrected chi connectivity index (χ0v) is 13.2. The molecule has 0 aliphatic carbocycles. The Morgan fingerprint density at radius 1 is 1.05 bits per heavy atom. The smallest absolute Gasteiger partial charge is 0.335 e. The van der Waals surface area contributed by atoms with Crippen molar-refractivity contribution in [1.29, 1.82) is 0 Å². The van der Waals surface area contributed by atoms with Gasteiger partial charge in [-0.05, 0) is 29.8 Å². The normalized spacial score (nSPS) is 11.1. The minimum Gasteiger partial charge on any atom is -0.335 e. The SMILES string of the molecule is CN(C(=S)c1ccccc1C=S)c1ccc(C(F)(F)F)cc1. The molecular weight excluding hydrogens is 327 g/mol. The van der Waals surface area contributed by atoms with Gasteiger partial charge in [-0.1, -0.05) is 48.7 Å². The van der Waals surface area contributed by atoms with Crippen LogP contribution in [0, 0.1) is 0 Å². The largest absolute Gasteiger partial charge is 0.416 e. The van der Waals surface area contributed by atoms with Crippen LogP contribution in [0.3, 0.4) is 0 Å². The van der Waals surface area contributed by atoms with E-state index < -0.39 is 11.7 Å². The van der Waals surface area contributed by atoms with Gasteiger partial charge in [-0.15, -0.1) is 0 Å². The summed E-state index contributed by atoms with van der Waals surface area (Å²) in [6.45, 7) is 0. The number of thiocarbonyl (C=S) groups is 2. The van der Waals surface area contributed by atoms with E-state index in [4.69, 9.17) is 24.4 Å². The maximum atomic E-state index is 12.6. The molecule has 2 aromatic rings. The topological polar surface area (TPSA) is 3.24 Å². The first-order valence-corrected chi connectivity index (χ1v) is 7.22. The van der Waals surface area contributed by atoms with Crippen LogP contribution < -0.4 is 4.90 Å². The van der Waals surface area contributed by atoms with Crippen LogP contribution in [0.1, 0.15) is 16.7 Å². The Bertz CT molecular complexity index is 693. The first-order chi connectivity index (χ1) is 10.3. The van der Waals surface area contributed by atoms with E-state index in [1.165, 1.54) is 17.5 Å². The average Bonchev–Trinajstić information content (AvgIpc) is 2.52. The highest BCUT2D eigenvalue weighted by Crippen LogP contribution is 2.30. The van der Waals surface area contributed by atoms with Crippen LogP contribution in [0.4, 0.5) is 18.9 Å². The van der Waals surface area contributed by atoms with E-state index >= 15 is 0 Å². The molecule has 0 aliphatic heterocycles. The third-order valence-electron chi connectivity index (χ3n) is 3.20. The summed E-state index contributed by atoms with van der Waals surface area (Å²) in [5.74, 6) is 0. The summed E-state index contributed by atoms with van der Waals surface area (Å²) >= 11 is 10.4. The molecule has 0 heterocycles. The summed E-state index contributed by atoms with van der Waals surface area (Å²) in [6.07, 6.45) is -4.35. The Kier molecular flexibility index (Phi) is 4.93. The quantitative estimate of drug-likeness (QED) is 0.735. The molecule has 0 aliphatic rings. The first-order valence-electron chi connectivity index (χ1n) is 6.34. The molecule has 2 rings (SSSR count). The number of alkyl halides is 3. The second-order valence-corrected chi connectivity index (χ2v) is 5.24. The minimum atomic E-state index is -4.35. The van der Waals surface area contributed by atoms with Crippen LogP contribution in [-0.2, 0) is 6.18 Å². The maximum Gasteiger partial charge on any atom is 0.416 e. The molecule has 0 spiro atoms. The van der Waals surface area contributed by atoms with Crippen LogP contribution >= 0.6 is 24.4 Å². The van der Waals surface area contributed by atoms with Gasteiger partial charge in [0.1, 0.15) is 4.99 Å². The number of rotatable bonds is 3. The van der Waals surface area contributed by atoms with E-state index in [-0.39, 0.29) is 0 Å². The van der Waals surface area contributed by atoms with E-state index in [1.807, 2.05) is 24.3 Å². The van der Waals surface area contributed by atoms with Crippen LogP contribution in [0.5, 0.6) is 0 Å². The number of benzene rings is 2. The fourth-order valence-electron chi connectivity index (χ4n) is 1.97. The Hall–Kier alpha value is -1.79. The lowest BCUT2D eigenvalue weighted by Crippen LogP contribution is -2.26. The molecule has 0 saturated heterocycles. The number of nitrogens with zero attached hydrogens (tertiary/aromatic N) is 1. The lowest BCUT2D eigenvalue weighted by atomic mass is 10.1. The molecule has 0 amide bonds. The molecule has 22 heavy (non-hydrogen) atoms. The van der Waals surface area contributed by atoms with Crippen molar-refractivity contribution in [3.63, 3.8) is 0 Å². The van der Waals surface area contributed by atoms with Gasteiger partial charge in [-0.3, -0.25) is 0 Å². The third kappa shape index (κ3) is 3.51. The van der Waals surface area contributed by atoms with Crippen LogP contribution in [0.2, 0.25) is 0 Å². The van der Waals surface area contributed by atoms with Crippen molar-refractivity contribution in [1.82, 2.24) is 0 Å². The second-order valence-electron chi connectivity index (χ2n) is 4.61. The number of halogens is 3. The lowest BCUT2D eigenvalue weighted by Gasteiger charge is -2.22. The first kappa shape index (κ1) is 16.6. The molecule has 0 unspecified atom stereocenters. The van der Waals surface area contributed by atoms with E-state index in [0.717, 1.165) is 23.3 Å². The molecular formula is C16H12F3NS2. The standard InChI is InChI=1S/C16H12F3NS2/c1-20(13-8-6-12(7-9-13)16(17,18)19)15(22)14-5-3-2-4-11(14)10-21/h2-10H,1H3. The minimum absolute atomic E-state index is 0.497. The van der Waals surface area contributed by atoms with Gasteiger partial charge in [0.15, 0.2) is 0 Å². The van der Waals surface area contributed by atoms with E-state index in [2.05, 4.69) is 0 Å². The summed E-state index contributed by atoms with van der Waals surface area (Å²) in [7, 11) is 1.71. The molecule has 2 aromatic carbocycles. The molecule has 114 valence electrons. The fraction of sp³-hybridized carbons (Fsp3) is 0.125. The van der Waals surface area contributed by atoms with Crippen molar-refractivity contribution in [2.45, 2.75) is 6.18 Å². The molecule has 0 bridgehead atoms. The van der Waals surface area contributed by atoms with Gasteiger partial charge in [0, 0.05) is 23.7 Å². The molecule has 0 fully saturated rings. The molecule has 0 aromatic heterocycles. The predicted octanol–water partition coefficient (Wildman–Crippen LogP) is 4.87. The van der Waals surface area contributed by atoms with Gasteiger partial charge in [-0.2, -0.15) is 13.2 Å². The number of anilines is 1. The lowest BCUT2D eigenvalue weighted by molar-refractivity contribution is -0.137. The van der Waals surface area contributed by atoms with E-state index in [1.54, 1.807) is 11.9 Å². The van der Waals surface area contributed by atoms with Gasteiger partial charge >= 0.3 is 6.18 Å². The summed E-state index contributed by atoms with van der Waals surface area (Å²) < 4.78 is 37.8. The van der Waals surface area contributed by atoms with Crippen molar-refractivity contribution in [2.75, 3.05) is 11.9 Å². The zero-order chi connectivity index (χ0) is 16.3. The highest BCUT2D eigenvalue weighted by Gasteiger charge is 2.30. The Morgan fingerprint density at radius 2 is 1.64 bits per heavy atom. The third-order valence-corrected chi connectivity index (χ3v) is 3.95. The van der Waals surface area contributed by atoms with Crippen molar-refractivity contribution < 1.29 is 13.2 Å². The van der Waals surface area contributed by atoms with Gasteiger partial charge < -0.3 is 4.90 Å². The molecule has 0 radical (unpaired) electrons. The molecule has 0 atom stereocenters. The monoisotopic (exact) mass is 339 g/mol. The van der Waals surface area contributed by atoms with Crippen molar-refractivity contribution >= 4 is 40.5 Å². The number of hydrogen-bond acceptors (Lipinski definition) is 2. The molecule has 0 saturated carbocycles. The summed E-state index contributed by atoms with van der Waals surface area (Å²) in [5.41, 5.74) is 1.48. The zero-order valence-electron chi connectivity index (χ0n) is 11.6. The Morgan fingerprint density at radius 3 is 2.18 bits per heavy atom. The van der Waals surface area contributed by atoms with E-state index in [9.17, 15) is 13.2 Å². The summed E-state index contributed by atoms with van der Waals surface area (Å²) in [5, 5.41) is 1.53. The van der Waals surface area contributed by atoms with Crippen molar-refractivity contribution in [2.24, 2.45) is 0 Å². The number of hydrogen-bond donors (Lipinski definition) is 0. The van der Waals surface area contributed by atoms with Gasteiger partial charge in [0.05, 0.1) is 5.56 Å². The molecule has 1 nitrogen and oxygen atoms in total. The Labute approximate surface area is 137 Å². The van der Waals surface area contributed by atoms with Crippen LogP contribution in [-0.4, -0.2) is 17.4 Å². The fourth-order valence-corrected chi connectivity index (χ4v) is 2.46. The summed E-state index contributed by atoms with van der Waals surface area (Å²) in [6, 6.07) is 12.2. The average molecular weight is 339 g/mol. The maximum absolute atomic E-state index is 12.6. The molecule has 6 heteroatoms. The van der Waals surface area contributed by atoms with Crippen molar-refractivity contribution in [3.05, 3.63) is 65.2 Å². The predicted molar refractivity (Wildman–Crippen MR) is 90.7 cm³/mol. The molecule has 0 N–H and O–H groups in total. The van der Waals surface area contributed by atoms with Gasteiger partial charge in [0.25, 0.3) is 0 Å². The van der Waals surface area contributed by atoms with Gasteiger partial charge in [-0.25, -0.2) is 0 Å². The Balaban J connectivity index is 2.29. The van der Waals surface area contributed by atoms with Crippen LogP contribution in [0.15, 0.2) is 48.5 Å². The highest BCUT2D eigenvalue weighted by molar-refractivity contribution is 7.81. The van der Waals surface area contributed by atoms with Crippen molar-refractivity contribution in [3.8, 4) is 0 Å². The second kappa shape index (κ2) is 6.54. The van der Waals surface area contributed by atoms with Crippen LogP contribution in [0.25, 0.3) is 0 Å². The van der Waals surface area contributed by atoms with E-state index in [0.29, 0.717) is 10.7 Å². The summed E-state index contributed by atoms with van der Waals surface area (Å²) in [4.78, 5) is 2.16. The highest BCUT2D eigenvalue weighted by atomic mass is 32.1. The van der Waals surface area contributed by atoms with Gasteiger partial charge in [0.2, 0.25) is 0 Å².